The molecule has 1 rings (SSSR count). The molecule has 1 N–H and O–H groups in total. The molecule has 4 nitrogen and oxygen atoms in total. The Morgan fingerprint density at radius 3 is 2.53 bits per heavy atom. The molecule has 0 amide bonds. The Hall–Kier alpha value is -1.26. The Morgan fingerprint density at radius 1 is 1.06 bits per heavy atom. The molecule has 0 heterocycles. The minimum absolute atomic E-state index is 0.736. The van der Waals surface area contributed by atoms with E-state index in [1.807, 2.05) is 18.2 Å². The lowest BCUT2D eigenvalue weighted by atomic mass is 10.1. The molecule has 4 heteroatoms. The van der Waals surface area contributed by atoms with Gasteiger partial charge in [-0.25, -0.2) is 0 Å². The van der Waals surface area contributed by atoms with Gasteiger partial charge in [0.2, 0.25) is 0 Å². The second-order valence-corrected chi connectivity index (χ2v) is 3.67. The second kappa shape index (κ2) is 7.92. The zero-order chi connectivity index (χ0) is 12.5. The lowest BCUT2D eigenvalue weighted by Gasteiger charge is -2.10. The molecule has 0 aliphatic carbocycles. The second-order valence-electron chi connectivity index (χ2n) is 3.67. The molecule has 0 aliphatic rings. The highest BCUT2D eigenvalue weighted by Gasteiger charge is 2.04. The number of hydrogen-bond acceptors (Lipinski definition) is 4. The van der Waals surface area contributed by atoms with Gasteiger partial charge in [-0.05, 0) is 24.6 Å². The van der Waals surface area contributed by atoms with E-state index in [0.29, 0.717) is 0 Å². The van der Waals surface area contributed by atoms with Gasteiger partial charge in [0.1, 0.15) is 11.5 Å². The van der Waals surface area contributed by atoms with E-state index in [2.05, 4.69) is 5.32 Å². The Kier molecular flexibility index (Phi) is 6.43. The standard InChI is InChI=1S/C13H21NO3/c1-15-9-8-14-7-6-11-4-5-12(16-2)10-13(11)17-3/h4-5,10,14H,6-9H2,1-3H3. The zero-order valence-corrected chi connectivity index (χ0v) is 10.8. The van der Waals surface area contributed by atoms with Crippen LogP contribution in [0.1, 0.15) is 5.56 Å². The Bertz CT molecular complexity index is 328. The highest BCUT2D eigenvalue weighted by Crippen LogP contribution is 2.24. The maximum Gasteiger partial charge on any atom is 0.125 e. The average Bonchev–Trinajstić information content (AvgIpc) is 2.38. The molecule has 96 valence electrons. The van der Waals surface area contributed by atoms with Crippen molar-refractivity contribution >= 4 is 0 Å². The normalized spacial score (nSPS) is 10.3. The summed E-state index contributed by atoms with van der Waals surface area (Å²) in [5.74, 6) is 1.69. The SMILES string of the molecule is COCCNCCc1ccc(OC)cc1OC. The third-order valence-corrected chi connectivity index (χ3v) is 2.55. The number of methoxy groups -OCH3 is 3. The fraction of sp³-hybridized carbons (Fsp3) is 0.538. The van der Waals surface area contributed by atoms with Crippen LogP contribution in [-0.2, 0) is 11.2 Å². The lowest BCUT2D eigenvalue weighted by Crippen LogP contribution is -2.21. The van der Waals surface area contributed by atoms with Gasteiger partial charge >= 0.3 is 0 Å². The molecule has 0 aliphatic heterocycles. The van der Waals surface area contributed by atoms with E-state index in [9.17, 15) is 0 Å². The van der Waals surface area contributed by atoms with Gasteiger partial charge in [0.05, 0.1) is 20.8 Å². The Morgan fingerprint density at radius 2 is 1.88 bits per heavy atom. The summed E-state index contributed by atoms with van der Waals surface area (Å²) in [5.41, 5.74) is 1.18. The maximum atomic E-state index is 5.33. The van der Waals surface area contributed by atoms with Gasteiger partial charge in [-0.3, -0.25) is 0 Å². The van der Waals surface area contributed by atoms with E-state index < -0.39 is 0 Å². The molecule has 17 heavy (non-hydrogen) atoms. The first-order valence-corrected chi connectivity index (χ1v) is 5.72. The van der Waals surface area contributed by atoms with Crippen LogP contribution in [0.4, 0.5) is 0 Å². The Labute approximate surface area is 103 Å². The molecule has 1 aromatic carbocycles. The van der Waals surface area contributed by atoms with E-state index in [1.165, 1.54) is 5.56 Å². The molecular formula is C13H21NO3. The number of nitrogens with one attached hydrogen (secondary N) is 1. The molecule has 0 radical (unpaired) electrons. The molecule has 1 aromatic rings. The number of benzene rings is 1. The monoisotopic (exact) mass is 239 g/mol. The maximum absolute atomic E-state index is 5.33. The molecule has 0 saturated heterocycles. The summed E-state index contributed by atoms with van der Waals surface area (Å²) < 4.78 is 15.5. The summed E-state index contributed by atoms with van der Waals surface area (Å²) in [6.07, 6.45) is 0.927. The van der Waals surface area contributed by atoms with Crippen LogP contribution in [0.25, 0.3) is 0 Å². The van der Waals surface area contributed by atoms with Gasteiger partial charge in [0, 0.05) is 19.7 Å². The van der Waals surface area contributed by atoms with Crippen molar-refractivity contribution in [3.05, 3.63) is 23.8 Å². The quantitative estimate of drug-likeness (QED) is 0.698. The van der Waals surface area contributed by atoms with E-state index in [0.717, 1.165) is 37.6 Å². The first-order valence-electron chi connectivity index (χ1n) is 5.72. The zero-order valence-electron chi connectivity index (χ0n) is 10.8. The van der Waals surface area contributed by atoms with Crippen LogP contribution in [0.2, 0.25) is 0 Å². The highest BCUT2D eigenvalue weighted by molar-refractivity contribution is 5.40. The number of ether oxygens (including phenoxy) is 3. The largest absolute Gasteiger partial charge is 0.497 e. The van der Waals surface area contributed by atoms with Crippen molar-refractivity contribution in [1.29, 1.82) is 0 Å². The predicted octanol–water partition coefficient (Wildman–Crippen LogP) is 1.48. The van der Waals surface area contributed by atoms with E-state index >= 15 is 0 Å². The van der Waals surface area contributed by atoms with Crippen LogP contribution in [-0.4, -0.2) is 41.0 Å². The Balaban J connectivity index is 2.46. The third-order valence-electron chi connectivity index (χ3n) is 2.55. The molecule has 0 unspecified atom stereocenters. The van der Waals surface area contributed by atoms with Crippen LogP contribution in [0, 0.1) is 0 Å². The summed E-state index contributed by atoms with van der Waals surface area (Å²) in [7, 11) is 5.03. The molecule has 0 bridgehead atoms. The smallest absolute Gasteiger partial charge is 0.125 e. The minimum Gasteiger partial charge on any atom is -0.497 e. The predicted molar refractivity (Wildman–Crippen MR) is 68.0 cm³/mol. The minimum atomic E-state index is 0.736. The summed E-state index contributed by atoms with van der Waals surface area (Å²) in [6.45, 7) is 2.51. The van der Waals surface area contributed by atoms with Crippen LogP contribution in [0.3, 0.4) is 0 Å². The third kappa shape index (κ3) is 4.63. The lowest BCUT2D eigenvalue weighted by molar-refractivity contribution is 0.199. The molecule has 0 spiro atoms. The van der Waals surface area contributed by atoms with E-state index in [-0.39, 0.29) is 0 Å². The summed E-state index contributed by atoms with van der Waals surface area (Å²) in [5, 5.41) is 3.30. The number of rotatable bonds is 8. The van der Waals surface area contributed by atoms with Crippen molar-refractivity contribution in [2.24, 2.45) is 0 Å². The van der Waals surface area contributed by atoms with Gasteiger partial charge in [0.15, 0.2) is 0 Å². The fourth-order valence-electron chi connectivity index (χ4n) is 1.58. The molecule has 0 aromatic heterocycles. The van der Waals surface area contributed by atoms with Crippen molar-refractivity contribution in [2.45, 2.75) is 6.42 Å². The molecular weight excluding hydrogens is 218 g/mol. The summed E-state index contributed by atoms with van der Waals surface area (Å²) in [6, 6.07) is 5.90. The topological polar surface area (TPSA) is 39.7 Å². The van der Waals surface area contributed by atoms with Crippen molar-refractivity contribution in [3.8, 4) is 11.5 Å². The molecule has 0 atom stereocenters. The van der Waals surface area contributed by atoms with E-state index in [1.54, 1.807) is 21.3 Å². The molecule has 0 saturated carbocycles. The fourth-order valence-corrected chi connectivity index (χ4v) is 1.58. The average molecular weight is 239 g/mol. The summed E-state index contributed by atoms with van der Waals surface area (Å²) >= 11 is 0. The highest BCUT2D eigenvalue weighted by atomic mass is 16.5. The van der Waals surface area contributed by atoms with Gasteiger partial charge in [-0.1, -0.05) is 6.07 Å². The van der Waals surface area contributed by atoms with Crippen LogP contribution in [0.5, 0.6) is 11.5 Å². The first kappa shape index (κ1) is 13.8. The van der Waals surface area contributed by atoms with Gasteiger partial charge < -0.3 is 19.5 Å². The van der Waals surface area contributed by atoms with Crippen molar-refractivity contribution in [1.82, 2.24) is 5.32 Å². The first-order chi connectivity index (χ1) is 8.31. The van der Waals surface area contributed by atoms with Crippen LogP contribution < -0.4 is 14.8 Å². The van der Waals surface area contributed by atoms with Crippen LogP contribution >= 0.6 is 0 Å². The van der Waals surface area contributed by atoms with Gasteiger partial charge in [0.25, 0.3) is 0 Å². The van der Waals surface area contributed by atoms with E-state index in [4.69, 9.17) is 14.2 Å². The van der Waals surface area contributed by atoms with Crippen LogP contribution in [0.15, 0.2) is 18.2 Å². The van der Waals surface area contributed by atoms with Crippen molar-refractivity contribution in [2.75, 3.05) is 41.0 Å². The van der Waals surface area contributed by atoms with Crippen molar-refractivity contribution in [3.63, 3.8) is 0 Å². The summed E-state index contributed by atoms with van der Waals surface area (Å²) in [4.78, 5) is 0. The number of hydrogen-bond donors (Lipinski definition) is 1. The van der Waals surface area contributed by atoms with Crippen molar-refractivity contribution < 1.29 is 14.2 Å². The van der Waals surface area contributed by atoms with Gasteiger partial charge in [-0.15, -0.1) is 0 Å². The van der Waals surface area contributed by atoms with Gasteiger partial charge in [-0.2, -0.15) is 0 Å². The molecule has 0 fully saturated rings.